The molecule has 2 aromatic carbocycles. The Hall–Kier alpha value is -3.48. The van der Waals surface area contributed by atoms with Crippen molar-refractivity contribution in [2.45, 2.75) is 57.3 Å². The first-order chi connectivity index (χ1) is 16.8. The number of aryl methyl sites for hydroxylation is 2. The number of aromatic nitrogens is 2. The fraction of sp³-hybridized carbons (Fsp3) is 0.393. The van der Waals surface area contributed by atoms with E-state index in [1.54, 1.807) is 10.9 Å². The third-order valence-corrected chi connectivity index (χ3v) is 6.61. The molecule has 1 N–H and O–H groups in total. The van der Waals surface area contributed by atoms with Crippen LogP contribution in [-0.2, 0) is 23.1 Å². The average Bonchev–Trinajstić information content (AvgIpc) is 3.46. The molecule has 0 radical (unpaired) electrons. The van der Waals surface area contributed by atoms with Crippen molar-refractivity contribution in [1.29, 1.82) is 0 Å². The van der Waals surface area contributed by atoms with E-state index in [1.807, 2.05) is 55.7 Å². The normalized spacial score (nSPS) is 18.6. The van der Waals surface area contributed by atoms with E-state index in [0.717, 1.165) is 16.7 Å². The number of alkyl halides is 1. The van der Waals surface area contributed by atoms with Crippen molar-refractivity contribution in [3.8, 4) is 0 Å². The number of nitrogens with zero attached hydrogens (tertiary/aromatic N) is 3. The molecule has 3 aromatic rings. The second-order valence-corrected chi connectivity index (χ2v) is 9.59. The van der Waals surface area contributed by atoms with Crippen LogP contribution in [0, 0.1) is 0 Å². The molecule has 1 saturated heterocycles. The van der Waals surface area contributed by atoms with Crippen LogP contribution in [0.4, 0.5) is 4.39 Å². The van der Waals surface area contributed by atoms with Gasteiger partial charge in [0.1, 0.15) is 12.2 Å². The molecule has 7 heteroatoms. The van der Waals surface area contributed by atoms with Gasteiger partial charge in [0.15, 0.2) is 0 Å². The van der Waals surface area contributed by atoms with E-state index < -0.39 is 18.3 Å². The highest BCUT2D eigenvalue weighted by Gasteiger charge is 2.40. The minimum absolute atomic E-state index is 0.0122. The smallest absolute Gasteiger partial charge is 0.243 e. The maximum atomic E-state index is 14.4. The summed E-state index contributed by atoms with van der Waals surface area (Å²) in [5.74, 6) is -0.145. The molecule has 0 saturated carbocycles. The summed E-state index contributed by atoms with van der Waals surface area (Å²) in [5, 5.41) is 7.23. The first-order valence-corrected chi connectivity index (χ1v) is 12.2. The van der Waals surface area contributed by atoms with Crippen LogP contribution in [0.15, 0.2) is 67.0 Å². The number of rotatable bonds is 8. The van der Waals surface area contributed by atoms with E-state index >= 15 is 0 Å². The molecule has 1 fully saturated rings. The highest BCUT2D eigenvalue weighted by Crippen LogP contribution is 2.27. The van der Waals surface area contributed by atoms with Gasteiger partial charge in [-0.25, -0.2) is 4.39 Å². The molecule has 2 amide bonds. The van der Waals surface area contributed by atoms with Crippen LogP contribution >= 0.6 is 0 Å². The molecule has 0 aliphatic carbocycles. The van der Waals surface area contributed by atoms with Crippen molar-refractivity contribution >= 4 is 11.8 Å². The van der Waals surface area contributed by atoms with Crippen LogP contribution < -0.4 is 5.32 Å². The molecule has 3 unspecified atom stereocenters. The van der Waals surface area contributed by atoms with E-state index in [9.17, 15) is 14.0 Å². The van der Waals surface area contributed by atoms with Gasteiger partial charge in [-0.15, -0.1) is 0 Å². The second-order valence-electron chi connectivity index (χ2n) is 9.59. The highest BCUT2D eigenvalue weighted by atomic mass is 19.1. The Balaban J connectivity index is 1.51. The molecule has 35 heavy (non-hydrogen) atoms. The average molecular weight is 477 g/mol. The molecule has 4 rings (SSSR count). The minimum Gasteiger partial charge on any atom is -0.343 e. The van der Waals surface area contributed by atoms with Crippen molar-refractivity contribution in [3.05, 3.63) is 89.2 Å². The molecular formula is C28H33FN4O2. The fourth-order valence-corrected chi connectivity index (χ4v) is 4.62. The third-order valence-electron chi connectivity index (χ3n) is 6.61. The Labute approximate surface area is 206 Å². The summed E-state index contributed by atoms with van der Waals surface area (Å²) >= 11 is 0. The molecule has 3 atom stereocenters. The van der Waals surface area contributed by atoms with Gasteiger partial charge in [0.05, 0.1) is 18.8 Å². The van der Waals surface area contributed by atoms with Gasteiger partial charge in [0.2, 0.25) is 11.8 Å². The standard InChI is InChI=1S/C28H33FN4O2/c1-19(2)21-10-12-23(13-11-21)27(22-7-5-4-6-8-22)31-28(35)25-15-24(29)18-33(25)26(34)14-9-20-16-30-32(3)17-20/h4-8,10-13,16-17,19,24-25,27H,9,14-15,18H2,1-3H3,(H,31,35). The van der Waals surface area contributed by atoms with Crippen molar-refractivity contribution in [1.82, 2.24) is 20.0 Å². The number of likely N-dealkylation sites (tertiary alicyclic amines) is 1. The Morgan fingerprint density at radius 1 is 1.06 bits per heavy atom. The predicted octanol–water partition coefficient (Wildman–Crippen LogP) is 4.32. The zero-order chi connectivity index (χ0) is 24.9. The van der Waals surface area contributed by atoms with Crippen LogP contribution in [0.3, 0.4) is 0 Å². The van der Waals surface area contributed by atoms with Crippen molar-refractivity contribution < 1.29 is 14.0 Å². The van der Waals surface area contributed by atoms with Gasteiger partial charge in [-0.3, -0.25) is 14.3 Å². The second kappa shape index (κ2) is 10.8. The number of halogens is 1. The van der Waals surface area contributed by atoms with E-state index in [2.05, 4.69) is 36.4 Å². The van der Waals surface area contributed by atoms with Gasteiger partial charge in [0, 0.05) is 26.1 Å². The van der Waals surface area contributed by atoms with E-state index in [1.165, 1.54) is 10.5 Å². The SMILES string of the molecule is CC(C)c1ccc(C(NC(=O)C2CC(F)CN2C(=O)CCc2cnn(C)c2)c2ccccc2)cc1. The monoisotopic (exact) mass is 476 g/mol. The molecule has 0 spiro atoms. The lowest BCUT2D eigenvalue weighted by molar-refractivity contribution is -0.138. The lowest BCUT2D eigenvalue weighted by Crippen LogP contribution is -2.47. The van der Waals surface area contributed by atoms with Crippen molar-refractivity contribution in [2.75, 3.05) is 6.54 Å². The van der Waals surface area contributed by atoms with Crippen LogP contribution in [0.25, 0.3) is 0 Å². The van der Waals surface area contributed by atoms with Crippen LogP contribution in [-0.4, -0.2) is 45.3 Å². The lowest BCUT2D eigenvalue weighted by atomic mass is 9.95. The van der Waals surface area contributed by atoms with Crippen molar-refractivity contribution in [3.63, 3.8) is 0 Å². The molecule has 1 aliphatic rings. The Bertz CT molecular complexity index is 1140. The summed E-state index contributed by atoms with van der Waals surface area (Å²) in [4.78, 5) is 27.8. The minimum atomic E-state index is -1.21. The Morgan fingerprint density at radius 2 is 1.71 bits per heavy atom. The first-order valence-electron chi connectivity index (χ1n) is 12.2. The summed E-state index contributed by atoms with van der Waals surface area (Å²) in [6.45, 7) is 4.22. The quantitative estimate of drug-likeness (QED) is 0.527. The summed E-state index contributed by atoms with van der Waals surface area (Å²) in [7, 11) is 1.82. The van der Waals surface area contributed by atoms with Gasteiger partial charge in [-0.1, -0.05) is 68.4 Å². The molecule has 1 aliphatic heterocycles. The zero-order valence-electron chi connectivity index (χ0n) is 20.5. The lowest BCUT2D eigenvalue weighted by Gasteiger charge is -2.27. The number of amides is 2. The number of hydrogen-bond acceptors (Lipinski definition) is 3. The number of benzene rings is 2. The topological polar surface area (TPSA) is 67.2 Å². The van der Waals surface area contributed by atoms with Gasteiger partial charge in [0.25, 0.3) is 0 Å². The molecule has 2 heterocycles. The molecule has 184 valence electrons. The number of hydrogen-bond donors (Lipinski definition) is 1. The molecule has 1 aromatic heterocycles. The molecule has 0 bridgehead atoms. The van der Waals surface area contributed by atoms with Gasteiger partial charge < -0.3 is 10.2 Å². The van der Waals surface area contributed by atoms with Gasteiger partial charge in [-0.05, 0) is 34.6 Å². The van der Waals surface area contributed by atoms with Crippen LogP contribution in [0.5, 0.6) is 0 Å². The first kappa shape index (κ1) is 24.6. The third kappa shape index (κ3) is 5.96. The fourth-order valence-electron chi connectivity index (χ4n) is 4.62. The number of carbonyl (C=O) groups excluding carboxylic acids is 2. The maximum Gasteiger partial charge on any atom is 0.243 e. The maximum absolute atomic E-state index is 14.4. The zero-order valence-corrected chi connectivity index (χ0v) is 20.5. The number of nitrogens with one attached hydrogen (secondary N) is 1. The Kier molecular flexibility index (Phi) is 7.63. The summed E-state index contributed by atoms with van der Waals surface area (Å²) < 4.78 is 16.1. The van der Waals surface area contributed by atoms with E-state index in [-0.39, 0.29) is 31.2 Å². The van der Waals surface area contributed by atoms with Crippen molar-refractivity contribution in [2.24, 2.45) is 7.05 Å². The van der Waals surface area contributed by atoms with E-state index in [0.29, 0.717) is 12.3 Å². The summed E-state index contributed by atoms with van der Waals surface area (Å²) in [6.07, 6.45) is 3.08. The molecular weight excluding hydrogens is 443 g/mol. The summed E-state index contributed by atoms with van der Waals surface area (Å²) in [6, 6.07) is 16.7. The molecule has 6 nitrogen and oxygen atoms in total. The highest BCUT2D eigenvalue weighted by molar-refractivity contribution is 5.89. The van der Waals surface area contributed by atoms with E-state index in [4.69, 9.17) is 0 Å². The van der Waals surface area contributed by atoms with Crippen LogP contribution in [0.2, 0.25) is 0 Å². The number of carbonyl (C=O) groups is 2. The Morgan fingerprint density at radius 3 is 2.34 bits per heavy atom. The van der Waals surface area contributed by atoms with Gasteiger partial charge >= 0.3 is 0 Å². The predicted molar refractivity (Wildman–Crippen MR) is 134 cm³/mol. The van der Waals surface area contributed by atoms with Gasteiger partial charge in [-0.2, -0.15) is 5.10 Å². The van der Waals surface area contributed by atoms with Crippen LogP contribution in [0.1, 0.15) is 60.9 Å². The largest absolute Gasteiger partial charge is 0.343 e. The summed E-state index contributed by atoms with van der Waals surface area (Å²) in [5.41, 5.74) is 4.03.